The zero-order valence-corrected chi connectivity index (χ0v) is 15.7. The van der Waals surface area contributed by atoms with E-state index in [1.54, 1.807) is 27.7 Å². The second-order valence-electron chi connectivity index (χ2n) is 8.10. The summed E-state index contributed by atoms with van der Waals surface area (Å²) in [7, 11) is 0. The lowest BCUT2D eigenvalue weighted by molar-refractivity contribution is -0.133. The van der Waals surface area contributed by atoms with Crippen LogP contribution in [-0.4, -0.2) is 94.1 Å². The Balaban J connectivity index is 1.51. The molecule has 3 aliphatic heterocycles. The van der Waals surface area contributed by atoms with Gasteiger partial charge in [0.2, 0.25) is 0 Å². The van der Waals surface area contributed by atoms with Crippen LogP contribution >= 0.6 is 0 Å². The van der Waals surface area contributed by atoms with Gasteiger partial charge < -0.3 is 10.6 Å². The van der Waals surface area contributed by atoms with Crippen LogP contribution in [-0.2, 0) is 9.59 Å². The monoisotopic (exact) mass is 366 g/mol. The molecular weight excluding hydrogens is 340 g/mol. The number of piperazine rings is 1. The SMILES string of the molecule is CC1(C)NC(=O)N(CN2CCN(CN3C(=O)NC(C)(C)C3=O)CC2)C1=O. The third kappa shape index (κ3) is 3.26. The number of carbonyl (C=O) groups excluding carboxylic acids is 4. The number of rotatable bonds is 4. The van der Waals surface area contributed by atoms with E-state index in [-0.39, 0.29) is 37.2 Å². The minimum Gasteiger partial charge on any atom is -0.324 e. The average Bonchev–Trinajstić information content (AvgIpc) is 2.86. The van der Waals surface area contributed by atoms with E-state index in [4.69, 9.17) is 0 Å². The summed E-state index contributed by atoms with van der Waals surface area (Å²) >= 11 is 0. The van der Waals surface area contributed by atoms with Crippen molar-refractivity contribution < 1.29 is 19.2 Å². The molecule has 6 amide bonds. The van der Waals surface area contributed by atoms with E-state index in [1.165, 1.54) is 9.80 Å². The van der Waals surface area contributed by atoms with Crippen LogP contribution in [0.4, 0.5) is 9.59 Å². The van der Waals surface area contributed by atoms with Crippen LogP contribution in [0.1, 0.15) is 27.7 Å². The van der Waals surface area contributed by atoms with Gasteiger partial charge in [0, 0.05) is 26.2 Å². The molecule has 144 valence electrons. The Hall–Kier alpha value is -2.20. The van der Waals surface area contributed by atoms with Crippen LogP contribution in [0.2, 0.25) is 0 Å². The number of hydrogen-bond acceptors (Lipinski definition) is 6. The van der Waals surface area contributed by atoms with E-state index in [2.05, 4.69) is 10.6 Å². The van der Waals surface area contributed by atoms with Crippen molar-refractivity contribution in [3.8, 4) is 0 Å². The van der Waals surface area contributed by atoms with Crippen molar-refractivity contribution >= 4 is 23.9 Å². The zero-order chi connectivity index (χ0) is 19.3. The normalized spacial score (nSPS) is 26.5. The van der Waals surface area contributed by atoms with E-state index in [0.29, 0.717) is 26.2 Å². The summed E-state index contributed by atoms with van der Waals surface area (Å²) in [6.07, 6.45) is 0. The fourth-order valence-corrected chi connectivity index (χ4v) is 3.36. The molecule has 0 aromatic heterocycles. The maximum atomic E-state index is 12.3. The van der Waals surface area contributed by atoms with Gasteiger partial charge in [0.05, 0.1) is 13.3 Å². The van der Waals surface area contributed by atoms with Crippen LogP contribution < -0.4 is 10.6 Å². The minimum atomic E-state index is -0.866. The van der Waals surface area contributed by atoms with Gasteiger partial charge in [0.1, 0.15) is 11.1 Å². The van der Waals surface area contributed by atoms with Crippen molar-refractivity contribution in [1.29, 1.82) is 0 Å². The molecule has 10 nitrogen and oxygen atoms in total. The molecule has 0 aromatic rings. The standard InChI is InChI=1S/C16H26N6O4/c1-15(2)11(23)21(13(25)17-15)9-19-5-7-20(8-6-19)10-22-12(24)16(3,4)18-14(22)26/h5-10H2,1-4H3,(H,17,25)(H,18,26). The lowest BCUT2D eigenvalue weighted by Gasteiger charge is -2.37. The first-order valence-corrected chi connectivity index (χ1v) is 8.74. The smallest absolute Gasteiger partial charge is 0.324 e. The molecule has 0 atom stereocenters. The second kappa shape index (κ2) is 6.20. The molecule has 0 radical (unpaired) electrons. The number of nitrogens with zero attached hydrogens (tertiary/aromatic N) is 4. The van der Waals surface area contributed by atoms with Gasteiger partial charge in [-0.1, -0.05) is 0 Å². The molecule has 3 saturated heterocycles. The van der Waals surface area contributed by atoms with Crippen molar-refractivity contribution in [3.63, 3.8) is 0 Å². The lowest BCUT2D eigenvalue weighted by atomic mass is 10.1. The molecule has 0 unspecified atom stereocenters. The molecule has 0 aromatic carbocycles. The Morgan fingerprint density at radius 1 is 0.692 bits per heavy atom. The Morgan fingerprint density at radius 2 is 1.00 bits per heavy atom. The summed E-state index contributed by atoms with van der Waals surface area (Å²) in [5.74, 6) is -0.460. The van der Waals surface area contributed by atoms with Gasteiger partial charge in [-0.2, -0.15) is 0 Å². The summed E-state index contributed by atoms with van der Waals surface area (Å²) in [6, 6.07) is -0.743. The topological polar surface area (TPSA) is 105 Å². The highest BCUT2D eigenvalue weighted by atomic mass is 16.2. The minimum absolute atomic E-state index is 0.230. The van der Waals surface area contributed by atoms with E-state index in [9.17, 15) is 19.2 Å². The maximum absolute atomic E-state index is 12.3. The van der Waals surface area contributed by atoms with Gasteiger partial charge in [0.25, 0.3) is 11.8 Å². The van der Waals surface area contributed by atoms with Crippen molar-refractivity contribution in [1.82, 2.24) is 30.2 Å². The summed E-state index contributed by atoms with van der Waals surface area (Å²) in [5, 5.41) is 5.34. The molecule has 0 bridgehead atoms. The Bertz CT molecular complexity index is 597. The molecule has 0 spiro atoms. The Kier molecular flexibility index (Phi) is 4.43. The van der Waals surface area contributed by atoms with E-state index in [0.717, 1.165) is 0 Å². The van der Waals surface area contributed by atoms with Crippen molar-refractivity contribution in [3.05, 3.63) is 0 Å². The van der Waals surface area contributed by atoms with Gasteiger partial charge >= 0.3 is 12.1 Å². The fourth-order valence-electron chi connectivity index (χ4n) is 3.36. The van der Waals surface area contributed by atoms with Gasteiger partial charge in [-0.15, -0.1) is 0 Å². The van der Waals surface area contributed by atoms with E-state index >= 15 is 0 Å². The molecule has 2 N–H and O–H groups in total. The van der Waals surface area contributed by atoms with Crippen LogP contribution in [0.3, 0.4) is 0 Å². The molecule has 0 aliphatic carbocycles. The third-order valence-corrected chi connectivity index (χ3v) is 5.04. The first kappa shape index (κ1) is 18.6. The van der Waals surface area contributed by atoms with Gasteiger partial charge in [0.15, 0.2) is 0 Å². The molecule has 3 fully saturated rings. The average molecular weight is 366 g/mol. The summed E-state index contributed by atoms with van der Waals surface area (Å²) < 4.78 is 0. The summed E-state index contributed by atoms with van der Waals surface area (Å²) in [5.41, 5.74) is -1.73. The number of hydrogen-bond donors (Lipinski definition) is 2. The molecule has 10 heteroatoms. The third-order valence-electron chi connectivity index (χ3n) is 5.04. The van der Waals surface area contributed by atoms with Crippen LogP contribution in [0.25, 0.3) is 0 Å². The van der Waals surface area contributed by atoms with E-state index < -0.39 is 11.1 Å². The number of urea groups is 2. The van der Waals surface area contributed by atoms with Crippen LogP contribution in [0.5, 0.6) is 0 Å². The quantitative estimate of drug-likeness (QED) is 0.630. The maximum Gasteiger partial charge on any atom is 0.326 e. The number of carbonyl (C=O) groups is 4. The zero-order valence-electron chi connectivity index (χ0n) is 15.7. The fraction of sp³-hybridized carbons (Fsp3) is 0.750. The largest absolute Gasteiger partial charge is 0.326 e. The van der Waals surface area contributed by atoms with Gasteiger partial charge in [-0.25, -0.2) is 19.4 Å². The Labute approximate surface area is 152 Å². The number of nitrogens with one attached hydrogen (secondary N) is 2. The highest BCUT2D eigenvalue weighted by molar-refractivity contribution is 6.07. The molecular formula is C16H26N6O4. The highest BCUT2D eigenvalue weighted by Crippen LogP contribution is 2.19. The van der Waals surface area contributed by atoms with Crippen molar-refractivity contribution in [2.24, 2.45) is 0 Å². The highest BCUT2D eigenvalue weighted by Gasteiger charge is 2.46. The van der Waals surface area contributed by atoms with E-state index in [1.807, 2.05) is 9.80 Å². The van der Waals surface area contributed by atoms with Crippen LogP contribution in [0, 0.1) is 0 Å². The second-order valence-corrected chi connectivity index (χ2v) is 8.10. The molecule has 0 saturated carbocycles. The molecule has 3 aliphatic rings. The molecule has 3 rings (SSSR count). The Morgan fingerprint density at radius 3 is 1.23 bits per heavy atom. The predicted molar refractivity (Wildman–Crippen MR) is 91.8 cm³/mol. The van der Waals surface area contributed by atoms with Gasteiger partial charge in [-0.3, -0.25) is 19.4 Å². The van der Waals surface area contributed by atoms with Crippen molar-refractivity contribution in [2.45, 2.75) is 38.8 Å². The number of imide groups is 2. The molecule has 26 heavy (non-hydrogen) atoms. The summed E-state index contributed by atoms with van der Waals surface area (Å²) in [4.78, 5) is 55.0. The number of amides is 6. The first-order valence-electron chi connectivity index (χ1n) is 8.74. The van der Waals surface area contributed by atoms with Crippen molar-refractivity contribution in [2.75, 3.05) is 39.5 Å². The molecule has 3 heterocycles. The summed E-state index contributed by atoms with van der Waals surface area (Å²) in [6.45, 7) is 9.81. The first-order chi connectivity index (χ1) is 12.0. The predicted octanol–water partition coefficient (Wildman–Crippen LogP) is -0.820. The lowest BCUT2D eigenvalue weighted by Crippen LogP contribution is -2.54. The van der Waals surface area contributed by atoms with Gasteiger partial charge in [-0.05, 0) is 27.7 Å². The van der Waals surface area contributed by atoms with Crippen LogP contribution in [0.15, 0.2) is 0 Å².